The van der Waals surface area contributed by atoms with Crippen molar-refractivity contribution in [3.8, 4) is 16.9 Å². The summed E-state index contributed by atoms with van der Waals surface area (Å²) >= 11 is 1.57. The number of hydrogen-bond donors (Lipinski definition) is 1. The lowest BCUT2D eigenvalue weighted by atomic mass is 10.0. The molecule has 0 saturated carbocycles. The normalized spacial score (nSPS) is 13.4. The first-order valence-electron chi connectivity index (χ1n) is 8.97. The van der Waals surface area contributed by atoms with E-state index in [1.54, 1.807) is 22.6 Å². The highest BCUT2D eigenvalue weighted by Gasteiger charge is 2.21. The van der Waals surface area contributed by atoms with E-state index in [0.29, 0.717) is 16.4 Å². The van der Waals surface area contributed by atoms with Crippen molar-refractivity contribution in [1.82, 2.24) is 15.1 Å². The van der Waals surface area contributed by atoms with Gasteiger partial charge in [-0.15, -0.1) is 0 Å². The van der Waals surface area contributed by atoms with Gasteiger partial charge in [-0.2, -0.15) is 5.10 Å². The van der Waals surface area contributed by atoms with Crippen molar-refractivity contribution < 1.29 is 4.79 Å². The predicted molar refractivity (Wildman–Crippen MR) is 111 cm³/mol. The summed E-state index contributed by atoms with van der Waals surface area (Å²) in [6.45, 7) is 2.87. The Morgan fingerprint density at radius 3 is 2.59 bits per heavy atom. The van der Waals surface area contributed by atoms with Gasteiger partial charge >= 0.3 is 0 Å². The van der Waals surface area contributed by atoms with Crippen molar-refractivity contribution in [3.05, 3.63) is 71.9 Å². The van der Waals surface area contributed by atoms with Crippen LogP contribution in [-0.2, 0) is 6.42 Å². The SMILES string of the molecule is CCc1ccc(-c2nn(-c3ccccc3)cc2C(=O)NC2=NCCS2)cc1. The number of rotatable bonds is 4. The summed E-state index contributed by atoms with van der Waals surface area (Å²) in [5, 5.41) is 8.30. The van der Waals surface area contributed by atoms with Crippen molar-refractivity contribution in [1.29, 1.82) is 0 Å². The van der Waals surface area contributed by atoms with Gasteiger partial charge in [-0.25, -0.2) is 4.68 Å². The molecule has 1 N–H and O–H groups in total. The molecular weight excluding hydrogens is 356 g/mol. The fourth-order valence-electron chi connectivity index (χ4n) is 2.94. The fraction of sp³-hybridized carbons (Fsp3) is 0.190. The number of carbonyl (C=O) groups excluding carboxylic acids is 1. The fourth-order valence-corrected chi connectivity index (χ4v) is 3.66. The minimum absolute atomic E-state index is 0.181. The topological polar surface area (TPSA) is 59.3 Å². The van der Waals surface area contributed by atoms with Crippen molar-refractivity contribution in [2.24, 2.45) is 4.99 Å². The van der Waals surface area contributed by atoms with Gasteiger partial charge in [-0.05, 0) is 24.1 Å². The average Bonchev–Trinajstić information content (AvgIpc) is 3.39. The maximum atomic E-state index is 12.9. The van der Waals surface area contributed by atoms with Crippen LogP contribution in [0.1, 0.15) is 22.8 Å². The first-order valence-corrected chi connectivity index (χ1v) is 9.96. The molecular formula is C21H20N4OS. The molecule has 1 aliphatic heterocycles. The molecule has 0 radical (unpaired) electrons. The van der Waals surface area contributed by atoms with Crippen molar-refractivity contribution in [3.63, 3.8) is 0 Å². The third-order valence-electron chi connectivity index (χ3n) is 4.42. The molecule has 3 aromatic rings. The zero-order valence-electron chi connectivity index (χ0n) is 15.1. The molecule has 5 nitrogen and oxygen atoms in total. The van der Waals surface area contributed by atoms with E-state index in [1.807, 2.05) is 42.5 Å². The molecule has 0 bridgehead atoms. The number of amides is 1. The number of aliphatic imine (C=N–C) groups is 1. The molecule has 136 valence electrons. The van der Waals surface area contributed by atoms with Gasteiger partial charge in [0.15, 0.2) is 5.17 Å². The molecule has 27 heavy (non-hydrogen) atoms. The number of nitrogens with zero attached hydrogens (tertiary/aromatic N) is 3. The first-order chi connectivity index (χ1) is 13.2. The minimum Gasteiger partial charge on any atom is -0.301 e. The van der Waals surface area contributed by atoms with Crippen LogP contribution in [0.5, 0.6) is 0 Å². The van der Waals surface area contributed by atoms with Crippen LogP contribution in [0.3, 0.4) is 0 Å². The maximum Gasteiger partial charge on any atom is 0.261 e. The molecule has 2 heterocycles. The summed E-state index contributed by atoms with van der Waals surface area (Å²) in [5.41, 5.74) is 4.30. The molecule has 4 rings (SSSR count). The average molecular weight is 376 g/mol. The third kappa shape index (κ3) is 3.80. The molecule has 0 fully saturated rings. The molecule has 1 aromatic heterocycles. The van der Waals surface area contributed by atoms with Crippen LogP contribution in [-0.4, -0.2) is 33.2 Å². The molecule has 0 aliphatic carbocycles. The number of nitrogens with one attached hydrogen (secondary N) is 1. The summed E-state index contributed by atoms with van der Waals surface area (Å²) in [6, 6.07) is 18.0. The quantitative estimate of drug-likeness (QED) is 0.750. The lowest BCUT2D eigenvalue weighted by Crippen LogP contribution is -2.27. The van der Waals surface area contributed by atoms with Crippen LogP contribution < -0.4 is 5.32 Å². The molecule has 0 saturated heterocycles. The lowest BCUT2D eigenvalue weighted by Gasteiger charge is -2.05. The molecule has 6 heteroatoms. The van der Waals surface area contributed by atoms with Gasteiger partial charge < -0.3 is 5.32 Å². The Kier molecular flexibility index (Phi) is 5.07. The van der Waals surface area contributed by atoms with Gasteiger partial charge in [-0.1, -0.05) is 61.2 Å². The second-order valence-corrected chi connectivity index (χ2v) is 7.30. The Morgan fingerprint density at radius 1 is 1.15 bits per heavy atom. The van der Waals surface area contributed by atoms with E-state index in [9.17, 15) is 4.79 Å². The Balaban J connectivity index is 1.74. The number of para-hydroxylation sites is 1. The van der Waals surface area contributed by atoms with Crippen molar-refractivity contribution in [2.45, 2.75) is 13.3 Å². The zero-order chi connectivity index (χ0) is 18.6. The van der Waals surface area contributed by atoms with E-state index < -0.39 is 0 Å². The molecule has 0 unspecified atom stereocenters. The van der Waals surface area contributed by atoms with Gasteiger partial charge in [0, 0.05) is 17.5 Å². The highest BCUT2D eigenvalue weighted by Crippen LogP contribution is 2.25. The van der Waals surface area contributed by atoms with Crippen LogP contribution in [0.2, 0.25) is 0 Å². The summed E-state index contributed by atoms with van der Waals surface area (Å²) in [5.74, 6) is 0.726. The van der Waals surface area contributed by atoms with Crippen LogP contribution in [0, 0.1) is 0 Å². The molecule has 2 aromatic carbocycles. The largest absolute Gasteiger partial charge is 0.301 e. The molecule has 0 spiro atoms. The predicted octanol–water partition coefficient (Wildman–Crippen LogP) is 3.93. The summed E-state index contributed by atoms with van der Waals surface area (Å²) < 4.78 is 1.75. The zero-order valence-corrected chi connectivity index (χ0v) is 15.9. The van der Waals surface area contributed by atoms with Crippen LogP contribution in [0.4, 0.5) is 0 Å². The van der Waals surface area contributed by atoms with E-state index in [2.05, 4.69) is 29.4 Å². The van der Waals surface area contributed by atoms with Crippen LogP contribution >= 0.6 is 11.8 Å². The van der Waals surface area contributed by atoms with Gasteiger partial charge in [0.25, 0.3) is 5.91 Å². The second-order valence-electron chi connectivity index (χ2n) is 6.21. The number of aromatic nitrogens is 2. The van der Waals surface area contributed by atoms with E-state index in [1.165, 1.54) is 5.56 Å². The van der Waals surface area contributed by atoms with Gasteiger partial charge in [0.2, 0.25) is 0 Å². The van der Waals surface area contributed by atoms with Gasteiger partial charge in [-0.3, -0.25) is 9.79 Å². The lowest BCUT2D eigenvalue weighted by molar-refractivity contribution is 0.0978. The van der Waals surface area contributed by atoms with E-state index in [-0.39, 0.29) is 5.91 Å². The van der Waals surface area contributed by atoms with E-state index >= 15 is 0 Å². The summed E-state index contributed by atoms with van der Waals surface area (Å²) in [4.78, 5) is 17.2. The molecule has 1 amide bonds. The summed E-state index contributed by atoms with van der Waals surface area (Å²) in [6.07, 6.45) is 2.76. The Hall–Kier alpha value is -2.86. The van der Waals surface area contributed by atoms with Crippen molar-refractivity contribution in [2.75, 3.05) is 12.3 Å². The highest BCUT2D eigenvalue weighted by molar-refractivity contribution is 8.14. The van der Waals surface area contributed by atoms with Gasteiger partial charge in [0.1, 0.15) is 5.69 Å². The Labute approximate surface area is 162 Å². The molecule has 0 atom stereocenters. The first kappa shape index (κ1) is 17.5. The monoisotopic (exact) mass is 376 g/mol. The maximum absolute atomic E-state index is 12.9. The smallest absolute Gasteiger partial charge is 0.261 e. The number of amidine groups is 1. The highest BCUT2D eigenvalue weighted by atomic mass is 32.2. The number of thioether (sulfide) groups is 1. The number of hydrogen-bond acceptors (Lipinski definition) is 4. The summed E-state index contributed by atoms with van der Waals surface area (Å²) in [7, 11) is 0. The standard InChI is InChI=1S/C21H20N4OS/c1-2-15-8-10-16(11-9-15)19-18(20(26)23-21-22-12-13-27-21)14-25(24-19)17-6-4-3-5-7-17/h3-11,14H,2,12-13H2,1H3,(H,22,23,26). The van der Waals surface area contributed by atoms with Crippen LogP contribution in [0.15, 0.2) is 65.8 Å². The Bertz CT molecular complexity index is 977. The van der Waals surface area contributed by atoms with Gasteiger partial charge in [0.05, 0.1) is 17.8 Å². The minimum atomic E-state index is -0.181. The van der Waals surface area contributed by atoms with Crippen LogP contribution in [0.25, 0.3) is 16.9 Å². The second kappa shape index (κ2) is 7.80. The van der Waals surface area contributed by atoms with E-state index in [4.69, 9.17) is 5.10 Å². The number of carbonyl (C=O) groups is 1. The Morgan fingerprint density at radius 2 is 1.93 bits per heavy atom. The van der Waals surface area contributed by atoms with Crippen molar-refractivity contribution >= 4 is 22.8 Å². The number of aryl methyl sites for hydroxylation is 1. The molecule has 1 aliphatic rings. The van der Waals surface area contributed by atoms with E-state index in [0.717, 1.165) is 30.0 Å². The third-order valence-corrected chi connectivity index (χ3v) is 5.31. The number of benzene rings is 2.